The van der Waals surface area contributed by atoms with E-state index in [-0.39, 0.29) is 12.0 Å². The lowest BCUT2D eigenvalue weighted by Gasteiger charge is -2.26. The molecule has 2 rings (SSSR count). The normalized spacial score (nSPS) is 19.3. The summed E-state index contributed by atoms with van der Waals surface area (Å²) < 4.78 is 51.5. The molecule has 118 valence electrons. The monoisotopic (exact) mass is 304 g/mol. The number of hydrogen-bond acceptors (Lipinski definition) is 2. The van der Waals surface area contributed by atoms with Gasteiger partial charge in [-0.1, -0.05) is 31.7 Å². The topological polar surface area (TPSA) is 38.0 Å². The van der Waals surface area contributed by atoms with Gasteiger partial charge in [-0.3, -0.25) is 11.3 Å². The van der Waals surface area contributed by atoms with E-state index in [1.807, 2.05) is 0 Å². The van der Waals surface area contributed by atoms with Gasteiger partial charge in [-0.15, -0.1) is 0 Å². The Bertz CT molecular complexity index is 465. The lowest BCUT2D eigenvalue weighted by atomic mass is 9.87. The molecule has 1 aliphatic carbocycles. The average Bonchev–Trinajstić information content (AvgIpc) is 2.67. The number of nitrogens with two attached hydrogens (primary N) is 1. The average molecular weight is 304 g/mol. The predicted molar refractivity (Wildman–Crippen MR) is 72.7 cm³/mol. The predicted octanol–water partition coefficient (Wildman–Crippen LogP) is 4.32. The van der Waals surface area contributed by atoms with E-state index in [1.165, 1.54) is 6.07 Å². The van der Waals surface area contributed by atoms with E-state index in [4.69, 9.17) is 5.84 Å². The molecular formula is C15H20F4N2. The standard InChI is InChI=1S/C15H20F4N2/c16-13-9-11(7-8-12(13)15(17,18)19)14(21-20)10-5-3-1-2-4-6-10/h7-10,14,21H,1-6,20H2. The van der Waals surface area contributed by atoms with Gasteiger partial charge in [-0.05, 0) is 36.5 Å². The maximum Gasteiger partial charge on any atom is 0.419 e. The lowest BCUT2D eigenvalue weighted by Crippen LogP contribution is -2.33. The Balaban J connectivity index is 2.24. The van der Waals surface area contributed by atoms with E-state index < -0.39 is 17.6 Å². The molecule has 1 unspecified atom stereocenters. The Kier molecular flexibility index (Phi) is 5.22. The highest BCUT2D eigenvalue weighted by molar-refractivity contribution is 5.29. The van der Waals surface area contributed by atoms with Crippen molar-refractivity contribution in [3.63, 3.8) is 0 Å². The van der Waals surface area contributed by atoms with Crippen LogP contribution < -0.4 is 11.3 Å². The Morgan fingerprint density at radius 3 is 2.19 bits per heavy atom. The highest BCUT2D eigenvalue weighted by Gasteiger charge is 2.34. The van der Waals surface area contributed by atoms with Gasteiger partial charge >= 0.3 is 6.18 Å². The van der Waals surface area contributed by atoms with Crippen molar-refractivity contribution in [1.29, 1.82) is 0 Å². The summed E-state index contributed by atoms with van der Waals surface area (Å²) in [7, 11) is 0. The molecular weight excluding hydrogens is 284 g/mol. The van der Waals surface area contributed by atoms with Crippen LogP contribution in [-0.4, -0.2) is 0 Å². The van der Waals surface area contributed by atoms with Gasteiger partial charge < -0.3 is 0 Å². The van der Waals surface area contributed by atoms with E-state index >= 15 is 0 Å². The molecule has 2 nitrogen and oxygen atoms in total. The summed E-state index contributed by atoms with van der Waals surface area (Å²) >= 11 is 0. The molecule has 0 spiro atoms. The molecule has 0 heterocycles. The molecule has 0 saturated heterocycles. The Morgan fingerprint density at radius 2 is 1.71 bits per heavy atom. The van der Waals surface area contributed by atoms with Crippen molar-refractivity contribution < 1.29 is 17.6 Å². The first kappa shape index (κ1) is 16.2. The van der Waals surface area contributed by atoms with Crippen molar-refractivity contribution in [2.45, 2.75) is 50.7 Å². The second kappa shape index (κ2) is 6.75. The Labute approximate surface area is 121 Å². The summed E-state index contributed by atoms with van der Waals surface area (Å²) in [4.78, 5) is 0. The first-order valence-corrected chi connectivity index (χ1v) is 7.26. The summed E-state index contributed by atoms with van der Waals surface area (Å²) in [5.74, 6) is 4.55. The van der Waals surface area contributed by atoms with Crippen LogP contribution in [0.15, 0.2) is 18.2 Å². The number of hydrogen-bond donors (Lipinski definition) is 2. The zero-order valence-corrected chi connectivity index (χ0v) is 11.7. The first-order valence-electron chi connectivity index (χ1n) is 7.26. The van der Waals surface area contributed by atoms with Crippen LogP contribution in [0, 0.1) is 11.7 Å². The van der Waals surface area contributed by atoms with Crippen LogP contribution >= 0.6 is 0 Å². The fourth-order valence-electron chi connectivity index (χ4n) is 3.10. The minimum absolute atomic E-state index is 0.230. The Hall–Kier alpha value is -1.14. The van der Waals surface area contributed by atoms with Crippen LogP contribution in [-0.2, 0) is 6.18 Å². The second-order valence-electron chi connectivity index (χ2n) is 5.63. The molecule has 0 aliphatic heterocycles. The maximum atomic E-state index is 13.7. The SMILES string of the molecule is NNC(c1ccc(C(F)(F)F)c(F)c1)C1CCCCCC1. The van der Waals surface area contributed by atoms with Gasteiger partial charge in [-0.2, -0.15) is 13.2 Å². The van der Waals surface area contributed by atoms with Gasteiger partial charge in [0.05, 0.1) is 5.56 Å². The smallest absolute Gasteiger partial charge is 0.271 e. The van der Waals surface area contributed by atoms with Gasteiger partial charge in [0, 0.05) is 6.04 Å². The highest BCUT2D eigenvalue weighted by atomic mass is 19.4. The molecule has 1 atom stereocenters. The van der Waals surface area contributed by atoms with Crippen molar-refractivity contribution in [2.24, 2.45) is 11.8 Å². The van der Waals surface area contributed by atoms with Crippen LogP contribution in [0.5, 0.6) is 0 Å². The largest absolute Gasteiger partial charge is 0.419 e. The van der Waals surface area contributed by atoms with Crippen LogP contribution in [0.1, 0.15) is 55.7 Å². The number of hydrazine groups is 1. The van der Waals surface area contributed by atoms with Crippen LogP contribution in [0.3, 0.4) is 0 Å². The van der Waals surface area contributed by atoms with Gasteiger partial charge in [0.25, 0.3) is 0 Å². The number of benzene rings is 1. The molecule has 6 heteroatoms. The number of halogens is 4. The fourth-order valence-corrected chi connectivity index (χ4v) is 3.10. The molecule has 0 amide bonds. The van der Waals surface area contributed by atoms with E-state index in [9.17, 15) is 17.6 Å². The van der Waals surface area contributed by atoms with Crippen LogP contribution in [0.4, 0.5) is 17.6 Å². The third-order valence-corrected chi connectivity index (χ3v) is 4.21. The molecule has 21 heavy (non-hydrogen) atoms. The van der Waals surface area contributed by atoms with Gasteiger partial charge in [0.2, 0.25) is 0 Å². The molecule has 1 saturated carbocycles. The molecule has 1 aromatic carbocycles. The van der Waals surface area contributed by atoms with Gasteiger partial charge in [-0.25, -0.2) is 4.39 Å². The van der Waals surface area contributed by atoms with Crippen molar-refractivity contribution in [3.8, 4) is 0 Å². The number of alkyl halides is 3. The van der Waals surface area contributed by atoms with Crippen molar-refractivity contribution in [2.75, 3.05) is 0 Å². The lowest BCUT2D eigenvalue weighted by molar-refractivity contribution is -0.140. The van der Waals surface area contributed by atoms with Crippen molar-refractivity contribution in [3.05, 3.63) is 35.1 Å². The minimum Gasteiger partial charge on any atom is -0.271 e. The second-order valence-corrected chi connectivity index (χ2v) is 5.63. The molecule has 1 aliphatic rings. The van der Waals surface area contributed by atoms with E-state index in [1.54, 1.807) is 0 Å². The molecule has 0 bridgehead atoms. The summed E-state index contributed by atoms with van der Waals surface area (Å²) in [5.41, 5.74) is 1.90. The van der Waals surface area contributed by atoms with E-state index in [0.29, 0.717) is 5.56 Å². The molecule has 0 radical (unpaired) electrons. The van der Waals surface area contributed by atoms with E-state index in [0.717, 1.165) is 50.7 Å². The van der Waals surface area contributed by atoms with Crippen molar-refractivity contribution >= 4 is 0 Å². The zero-order chi connectivity index (χ0) is 15.5. The summed E-state index contributed by atoms with van der Waals surface area (Å²) in [6.45, 7) is 0. The minimum atomic E-state index is -4.67. The van der Waals surface area contributed by atoms with E-state index in [2.05, 4.69) is 5.43 Å². The quantitative estimate of drug-likeness (QED) is 0.378. The molecule has 3 N–H and O–H groups in total. The van der Waals surface area contributed by atoms with Crippen LogP contribution in [0.25, 0.3) is 0 Å². The summed E-state index contributed by atoms with van der Waals surface area (Å²) in [5, 5.41) is 0. The van der Waals surface area contributed by atoms with Crippen LogP contribution in [0.2, 0.25) is 0 Å². The Morgan fingerprint density at radius 1 is 1.10 bits per heavy atom. The molecule has 1 fully saturated rings. The first-order chi connectivity index (χ1) is 9.93. The van der Waals surface area contributed by atoms with Gasteiger partial charge in [0.1, 0.15) is 5.82 Å². The maximum absolute atomic E-state index is 13.7. The molecule has 1 aromatic rings. The molecule has 0 aromatic heterocycles. The summed E-state index contributed by atoms with van der Waals surface area (Å²) in [6, 6.07) is 2.77. The zero-order valence-electron chi connectivity index (χ0n) is 11.7. The number of nitrogens with one attached hydrogen (secondary N) is 1. The van der Waals surface area contributed by atoms with Gasteiger partial charge in [0.15, 0.2) is 0 Å². The highest BCUT2D eigenvalue weighted by Crippen LogP contribution is 2.36. The van der Waals surface area contributed by atoms with Crippen molar-refractivity contribution in [1.82, 2.24) is 5.43 Å². The third-order valence-electron chi connectivity index (χ3n) is 4.21. The summed E-state index contributed by atoms with van der Waals surface area (Å²) in [6.07, 6.45) is 1.72. The fraction of sp³-hybridized carbons (Fsp3) is 0.600. The third kappa shape index (κ3) is 3.95. The number of rotatable bonds is 3.